The quantitative estimate of drug-likeness (QED) is 0.0174. The van der Waals surface area contributed by atoms with Gasteiger partial charge in [0.1, 0.15) is 0 Å². The third-order valence-electron chi connectivity index (χ3n) is 10.0. The molecule has 0 saturated heterocycles. The van der Waals surface area contributed by atoms with Crippen LogP contribution in [0.3, 0.4) is 0 Å². The van der Waals surface area contributed by atoms with Crippen molar-refractivity contribution in [2.24, 2.45) is 0 Å². The molecule has 6 N–H and O–H groups in total. The van der Waals surface area contributed by atoms with Crippen LogP contribution in [0.4, 0.5) is 11.4 Å². The Morgan fingerprint density at radius 2 is 0.966 bits per heavy atom. The van der Waals surface area contributed by atoms with Crippen molar-refractivity contribution in [3.05, 3.63) is 118 Å². The molecule has 2 heterocycles. The maximum atomic E-state index is 14.0. The van der Waals surface area contributed by atoms with Gasteiger partial charge < -0.3 is 10.2 Å². The van der Waals surface area contributed by atoms with Gasteiger partial charge in [0.2, 0.25) is 0 Å². The Balaban J connectivity index is 1.14. The Morgan fingerprint density at radius 3 is 1.34 bits per heavy atom. The van der Waals surface area contributed by atoms with E-state index in [2.05, 4.69) is 20.2 Å². The number of nitrogens with one attached hydrogen (secondary N) is 2. The van der Waals surface area contributed by atoms with Crippen LogP contribution in [0.15, 0.2) is 94.7 Å². The fourth-order valence-electron chi connectivity index (χ4n) is 7.57. The summed E-state index contributed by atoms with van der Waals surface area (Å²) in [5.41, 5.74) is 4.21. The van der Waals surface area contributed by atoms with Crippen LogP contribution >= 0.6 is 12.0 Å². The highest BCUT2D eigenvalue weighted by molar-refractivity contribution is 7.94. The summed E-state index contributed by atoms with van der Waals surface area (Å²) in [5.74, 6) is -6.23. The summed E-state index contributed by atoms with van der Waals surface area (Å²) in [6.07, 6.45) is 0. The molecule has 0 fully saturated rings. The molecule has 20 heteroatoms. The third-order valence-corrected chi connectivity index (χ3v) is 11.4. The standard InChI is InChI=1S/C38H20N4O14S2/c43-33-21-7-3-17-19-5-9-23-32-24(36(46)42(35(23)45)40-28-12-2-16(58(52,53)54)14-26(28)38(49)50)10-6-20(30(19)32)18-4-8-22(31(21)29(17)18)34(44)41(33)39-27-11-1-15(57-56-55-51)13-25(27)37(47)48/h1-14,39-40,51H,(H,47,48)(H,49,50)(H,52,53,54). The van der Waals surface area contributed by atoms with Gasteiger partial charge in [-0.1, -0.05) is 29.3 Å². The van der Waals surface area contributed by atoms with E-state index in [0.29, 0.717) is 71.2 Å². The van der Waals surface area contributed by atoms with Crippen molar-refractivity contribution in [3.8, 4) is 0 Å². The SMILES string of the molecule is O=C(O)c1cc(SOOO)ccc1NN1C(=O)c2ccc3c4ccc5c6c(ccc(c7ccc(c2c37)C1=O)c64)C(=O)N(Nc1ccc(S(=O)(=O)O)cc1C(=O)O)C5=O. The van der Waals surface area contributed by atoms with Crippen molar-refractivity contribution in [3.63, 3.8) is 0 Å². The Bertz CT molecular complexity index is 3090. The lowest BCUT2D eigenvalue weighted by atomic mass is 9.82. The van der Waals surface area contributed by atoms with Crippen LogP contribution in [0.1, 0.15) is 62.1 Å². The minimum atomic E-state index is -4.77. The second-order valence-corrected chi connectivity index (χ2v) is 15.2. The van der Waals surface area contributed by atoms with Crippen molar-refractivity contribution in [1.82, 2.24) is 10.0 Å². The van der Waals surface area contributed by atoms with Gasteiger partial charge in [0.25, 0.3) is 33.7 Å². The number of aromatic carboxylic acids is 2. The number of imide groups is 2. The Labute approximate surface area is 326 Å². The van der Waals surface area contributed by atoms with Crippen LogP contribution in [0.2, 0.25) is 0 Å². The smallest absolute Gasteiger partial charge is 0.337 e. The van der Waals surface area contributed by atoms with Gasteiger partial charge in [-0.25, -0.2) is 14.8 Å². The van der Waals surface area contributed by atoms with Crippen LogP contribution in [-0.2, 0) is 19.5 Å². The van der Waals surface area contributed by atoms with E-state index in [9.17, 15) is 52.0 Å². The molecule has 0 spiro atoms. The van der Waals surface area contributed by atoms with Crippen molar-refractivity contribution in [2.75, 3.05) is 10.9 Å². The first-order chi connectivity index (χ1) is 27.7. The zero-order valence-electron chi connectivity index (χ0n) is 28.7. The maximum Gasteiger partial charge on any atom is 0.337 e. The van der Waals surface area contributed by atoms with Crippen LogP contribution in [0.25, 0.3) is 43.1 Å². The summed E-state index contributed by atoms with van der Waals surface area (Å²) in [6, 6.07) is 19.2. The molecule has 4 amide bonds. The summed E-state index contributed by atoms with van der Waals surface area (Å²) < 4.78 is 37.1. The van der Waals surface area contributed by atoms with E-state index in [1.165, 1.54) is 42.5 Å². The fraction of sp³-hybridized carbons (Fsp3) is 0. The molecule has 0 aromatic heterocycles. The summed E-state index contributed by atoms with van der Waals surface area (Å²) in [7, 11) is -4.77. The molecule has 0 bridgehead atoms. The number of benzene rings is 7. The number of fused-ring (bicyclic) bond motifs is 2. The average Bonchev–Trinajstić information content (AvgIpc) is 3.20. The largest absolute Gasteiger partial charge is 0.478 e. The second-order valence-electron chi connectivity index (χ2n) is 13.0. The van der Waals surface area contributed by atoms with E-state index < -0.39 is 56.1 Å². The molecule has 18 nitrogen and oxygen atoms in total. The lowest BCUT2D eigenvalue weighted by Gasteiger charge is -2.31. The number of anilines is 2. The second kappa shape index (κ2) is 12.9. The molecule has 9 rings (SSSR count). The molecule has 0 atom stereocenters. The molecule has 0 radical (unpaired) electrons. The fourth-order valence-corrected chi connectivity index (χ4v) is 8.48. The highest BCUT2D eigenvalue weighted by atomic mass is 32.2. The molecule has 288 valence electrons. The van der Waals surface area contributed by atoms with E-state index in [1.54, 1.807) is 24.3 Å². The highest BCUT2D eigenvalue weighted by Gasteiger charge is 2.38. The first-order valence-electron chi connectivity index (χ1n) is 16.6. The molecular formula is C38H20N4O14S2. The van der Waals surface area contributed by atoms with Gasteiger partial charge in [-0.15, -0.1) is 4.33 Å². The topological polar surface area (TPSA) is 266 Å². The summed E-state index contributed by atoms with van der Waals surface area (Å²) in [5, 5.41) is 37.0. The lowest BCUT2D eigenvalue weighted by molar-refractivity contribution is -0.432. The first-order valence-corrected chi connectivity index (χ1v) is 18.8. The molecule has 7 aromatic rings. The molecule has 58 heavy (non-hydrogen) atoms. The van der Waals surface area contributed by atoms with Gasteiger partial charge in [-0.05, 0) is 93.0 Å². The van der Waals surface area contributed by atoms with E-state index in [4.69, 9.17) is 5.26 Å². The molecule has 0 saturated carbocycles. The van der Waals surface area contributed by atoms with Gasteiger partial charge in [-0.3, -0.25) is 34.6 Å². The van der Waals surface area contributed by atoms with Crippen molar-refractivity contribution in [2.45, 2.75) is 9.79 Å². The number of carbonyl (C=O) groups excluding carboxylic acids is 4. The summed E-state index contributed by atoms with van der Waals surface area (Å²) in [4.78, 5) is 79.7. The van der Waals surface area contributed by atoms with E-state index in [-0.39, 0.29) is 44.1 Å². The number of hydrogen-bond acceptors (Lipinski definition) is 14. The molecule has 0 unspecified atom stereocenters. The maximum absolute atomic E-state index is 14.0. The lowest BCUT2D eigenvalue weighted by Crippen LogP contribution is -2.44. The monoisotopic (exact) mass is 820 g/mol. The van der Waals surface area contributed by atoms with Gasteiger partial charge in [0, 0.05) is 15.7 Å². The number of carboxylic acid groups (broad SMARTS) is 2. The number of hydrogen-bond donors (Lipinski definition) is 6. The number of amides is 4. The van der Waals surface area contributed by atoms with Gasteiger partial charge >= 0.3 is 11.9 Å². The number of hydrazine groups is 2. The van der Waals surface area contributed by atoms with E-state index in [0.717, 1.165) is 12.1 Å². The summed E-state index contributed by atoms with van der Waals surface area (Å²) >= 11 is 0.519. The van der Waals surface area contributed by atoms with E-state index in [1.807, 2.05) is 0 Å². The van der Waals surface area contributed by atoms with Crippen molar-refractivity contribution < 1.29 is 66.6 Å². The zero-order chi connectivity index (χ0) is 40.9. The van der Waals surface area contributed by atoms with Crippen LogP contribution in [0.5, 0.6) is 0 Å². The van der Waals surface area contributed by atoms with Crippen LogP contribution < -0.4 is 10.9 Å². The van der Waals surface area contributed by atoms with Gasteiger partial charge in [0.05, 0.1) is 61.7 Å². The number of carboxylic acids is 2. The highest BCUT2D eigenvalue weighted by Crippen LogP contribution is 2.46. The molecule has 0 aliphatic carbocycles. The first kappa shape index (κ1) is 36.4. The predicted molar refractivity (Wildman–Crippen MR) is 203 cm³/mol. The van der Waals surface area contributed by atoms with E-state index >= 15 is 0 Å². The minimum absolute atomic E-state index is 0.0804. The molecule has 2 aliphatic heterocycles. The summed E-state index contributed by atoms with van der Waals surface area (Å²) in [6.45, 7) is 0. The third kappa shape index (κ3) is 5.32. The molecular weight excluding hydrogens is 801 g/mol. The van der Waals surface area contributed by atoms with Gasteiger partial charge in [0.15, 0.2) is 0 Å². The number of nitrogens with zero attached hydrogens (tertiary/aromatic N) is 2. The minimum Gasteiger partial charge on any atom is -0.478 e. The predicted octanol–water partition coefficient (Wildman–Crippen LogP) is 6.05. The van der Waals surface area contributed by atoms with Crippen molar-refractivity contribution >= 4 is 112 Å². The number of carbonyl (C=O) groups is 6. The van der Waals surface area contributed by atoms with Crippen LogP contribution in [-0.4, -0.2) is 74.0 Å². The Kier molecular flexibility index (Phi) is 8.12. The molecule has 7 aromatic carbocycles. The van der Waals surface area contributed by atoms with Crippen LogP contribution in [0, 0.1) is 0 Å². The number of rotatable bonds is 10. The van der Waals surface area contributed by atoms with Gasteiger partial charge in [-0.2, -0.15) is 18.4 Å². The average molecular weight is 821 g/mol. The Morgan fingerprint density at radius 1 is 0.569 bits per heavy atom. The normalized spacial score (nSPS) is 14.0. The Hall–Kier alpha value is -7.20. The van der Waals surface area contributed by atoms with Crippen molar-refractivity contribution in [1.29, 1.82) is 0 Å². The zero-order valence-corrected chi connectivity index (χ0v) is 30.3. The molecule has 2 aliphatic rings.